The zero-order valence-corrected chi connectivity index (χ0v) is 20.4. The molecule has 1 aliphatic rings. The number of aromatic nitrogens is 2. The second kappa shape index (κ2) is 9.51. The minimum Gasteiger partial charge on any atom is -0.495 e. The van der Waals surface area contributed by atoms with Crippen LogP contribution in [0, 0.1) is 0 Å². The van der Waals surface area contributed by atoms with Crippen molar-refractivity contribution in [2.75, 3.05) is 43.0 Å². The Bertz CT molecular complexity index is 1190. The molecule has 3 N–H and O–H groups in total. The number of anilines is 5. The first-order valence-corrected chi connectivity index (χ1v) is 12.9. The van der Waals surface area contributed by atoms with Crippen LogP contribution in [-0.4, -0.2) is 48.5 Å². The summed E-state index contributed by atoms with van der Waals surface area (Å²) in [7, 11) is 1.25. The Kier molecular flexibility index (Phi) is 6.70. The molecule has 4 rings (SSSR count). The lowest BCUT2D eigenvalue weighted by atomic mass is 10.2. The van der Waals surface area contributed by atoms with Crippen molar-refractivity contribution in [3.8, 4) is 5.75 Å². The molecule has 1 amide bonds. The molecule has 3 aromatic rings. The summed E-state index contributed by atoms with van der Waals surface area (Å²) in [5.41, 5.74) is 1.39. The largest absolute Gasteiger partial charge is 0.495 e. The van der Waals surface area contributed by atoms with Gasteiger partial charge in [0, 0.05) is 11.4 Å². The fourth-order valence-corrected chi connectivity index (χ4v) is 4.25. The van der Waals surface area contributed by atoms with E-state index >= 15 is 0 Å². The molecular formula is C23H25ClN5O3P. The molecular weight excluding hydrogens is 461 g/mol. The molecule has 2 heterocycles. The molecule has 0 radical (unpaired) electrons. The predicted molar refractivity (Wildman–Crippen MR) is 134 cm³/mol. The van der Waals surface area contributed by atoms with E-state index in [0.29, 0.717) is 40.5 Å². The van der Waals surface area contributed by atoms with Crippen LogP contribution in [0.4, 0.5) is 28.8 Å². The number of methoxy groups -OCH3 is 1. The Morgan fingerprint density at radius 2 is 1.94 bits per heavy atom. The molecule has 0 bridgehead atoms. The molecule has 1 aliphatic heterocycles. The van der Waals surface area contributed by atoms with Crippen molar-refractivity contribution in [1.82, 2.24) is 9.97 Å². The maximum Gasteiger partial charge on any atom is 0.258 e. The summed E-state index contributed by atoms with van der Waals surface area (Å²) >= 11 is 6.38. The molecule has 1 unspecified atom stereocenters. The van der Waals surface area contributed by atoms with Gasteiger partial charge in [-0.25, -0.2) is 4.98 Å². The van der Waals surface area contributed by atoms with Gasteiger partial charge in [-0.2, -0.15) is 4.98 Å². The molecule has 1 aromatic heterocycles. The minimum absolute atomic E-state index is 0.196. The number of carbonyl (C=O) groups is 1. The van der Waals surface area contributed by atoms with Gasteiger partial charge in [0.15, 0.2) is 11.4 Å². The van der Waals surface area contributed by atoms with Crippen molar-refractivity contribution in [3.05, 3.63) is 53.7 Å². The highest BCUT2D eigenvalue weighted by Gasteiger charge is 2.47. The first kappa shape index (κ1) is 23.2. The number of hydrogen-bond donors (Lipinski definition) is 3. The van der Waals surface area contributed by atoms with Crippen molar-refractivity contribution in [2.45, 2.75) is 12.5 Å². The molecule has 1 saturated heterocycles. The van der Waals surface area contributed by atoms with Crippen LogP contribution < -0.4 is 26.0 Å². The number of rotatable bonds is 8. The summed E-state index contributed by atoms with van der Waals surface area (Å²) in [4.78, 5) is 21.2. The van der Waals surface area contributed by atoms with E-state index in [-0.39, 0.29) is 13.8 Å². The molecule has 0 spiro atoms. The number of epoxide rings is 1. The van der Waals surface area contributed by atoms with E-state index in [4.69, 9.17) is 21.1 Å². The molecule has 1 atom stereocenters. The third kappa shape index (κ3) is 5.36. The lowest BCUT2D eigenvalue weighted by Gasteiger charge is -2.16. The maximum absolute atomic E-state index is 12.3. The third-order valence-corrected chi connectivity index (χ3v) is 6.77. The van der Waals surface area contributed by atoms with E-state index in [2.05, 4.69) is 45.3 Å². The Balaban J connectivity index is 1.58. The van der Waals surface area contributed by atoms with E-state index < -0.39 is 5.60 Å². The van der Waals surface area contributed by atoms with Crippen molar-refractivity contribution in [3.63, 3.8) is 0 Å². The lowest BCUT2D eigenvalue weighted by Crippen LogP contribution is -2.28. The van der Waals surface area contributed by atoms with Gasteiger partial charge in [-0.3, -0.25) is 4.79 Å². The highest BCUT2D eigenvalue weighted by atomic mass is 35.5. The number of nitrogens with one attached hydrogen (secondary N) is 3. The van der Waals surface area contributed by atoms with Crippen LogP contribution in [0.1, 0.15) is 6.92 Å². The van der Waals surface area contributed by atoms with Gasteiger partial charge in [-0.15, -0.1) is 0 Å². The Morgan fingerprint density at radius 1 is 1.18 bits per heavy atom. The number of ether oxygens (including phenoxy) is 2. The van der Waals surface area contributed by atoms with E-state index in [9.17, 15) is 4.79 Å². The number of benzene rings is 2. The number of amides is 1. The fraction of sp³-hybridized carbons (Fsp3) is 0.261. The second-order valence-corrected chi connectivity index (χ2v) is 10.6. The summed E-state index contributed by atoms with van der Waals surface area (Å²) in [5, 5.41) is 11.0. The summed E-state index contributed by atoms with van der Waals surface area (Å²) in [6, 6.07) is 13.4. The summed E-state index contributed by atoms with van der Waals surface area (Å²) < 4.78 is 10.7. The average Bonchev–Trinajstić information content (AvgIpc) is 3.55. The van der Waals surface area contributed by atoms with Gasteiger partial charge < -0.3 is 25.4 Å². The van der Waals surface area contributed by atoms with E-state index in [1.54, 1.807) is 32.2 Å². The molecule has 0 saturated carbocycles. The van der Waals surface area contributed by atoms with Gasteiger partial charge >= 0.3 is 0 Å². The quantitative estimate of drug-likeness (QED) is 0.313. The van der Waals surface area contributed by atoms with Gasteiger partial charge in [0.2, 0.25) is 5.95 Å². The molecule has 2 aromatic carbocycles. The molecule has 8 nitrogen and oxygen atoms in total. The minimum atomic E-state index is -0.763. The monoisotopic (exact) mass is 485 g/mol. The highest BCUT2D eigenvalue weighted by molar-refractivity contribution is 7.64. The van der Waals surface area contributed by atoms with Gasteiger partial charge in [-0.05, 0) is 49.8 Å². The van der Waals surface area contributed by atoms with Crippen LogP contribution in [0.2, 0.25) is 5.02 Å². The van der Waals surface area contributed by atoms with Crippen molar-refractivity contribution >= 4 is 59.6 Å². The topological polar surface area (TPSA) is 101 Å². The fourth-order valence-electron chi connectivity index (χ4n) is 3.12. The normalized spacial score (nSPS) is 16.9. The van der Waals surface area contributed by atoms with Crippen molar-refractivity contribution < 1.29 is 14.3 Å². The lowest BCUT2D eigenvalue weighted by molar-refractivity contribution is -0.120. The number of nitrogens with zero attached hydrogens (tertiary/aromatic N) is 2. The number of hydrogen-bond acceptors (Lipinski definition) is 7. The summed E-state index contributed by atoms with van der Waals surface area (Å²) in [6.07, 6.45) is 1.53. The third-order valence-electron chi connectivity index (χ3n) is 5.14. The molecule has 172 valence electrons. The Labute approximate surface area is 198 Å². The summed E-state index contributed by atoms with van der Waals surface area (Å²) in [5.74, 6) is 1.19. The number of carbonyl (C=O) groups excluding carboxylic acids is 1. The van der Waals surface area contributed by atoms with Crippen molar-refractivity contribution in [1.29, 1.82) is 0 Å². The highest BCUT2D eigenvalue weighted by Crippen LogP contribution is 2.34. The van der Waals surface area contributed by atoms with Crippen LogP contribution in [0.3, 0.4) is 0 Å². The van der Waals surface area contributed by atoms with Crippen molar-refractivity contribution in [2.24, 2.45) is 0 Å². The van der Waals surface area contributed by atoms with E-state index in [0.717, 1.165) is 5.69 Å². The standard InChI is InChI=1S/C23H25ClN5O3P/c1-23(13-32-23)21(30)26-14-9-10-18(31-2)17(11-14)28-22-25-12-15(24)20(29-22)27-16-7-5-6-8-19(16)33(3)4/h5-12H,13H2,1-4H3,(H,26,30)(H2,25,27,28,29). The molecule has 1 fully saturated rings. The van der Waals surface area contributed by atoms with Crippen LogP contribution in [-0.2, 0) is 9.53 Å². The smallest absolute Gasteiger partial charge is 0.258 e. The first-order chi connectivity index (χ1) is 15.8. The van der Waals surface area contributed by atoms with Crippen LogP contribution in [0.25, 0.3) is 0 Å². The zero-order chi connectivity index (χ0) is 23.6. The Hall–Kier alpha value is -2.93. The predicted octanol–water partition coefficient (Wildman–Crippen LogP) is 4.72. The van der Waals surface area contributed by atoms with Gasteiger partial charge in [-0.1, -0.05) is 37.7 Å². The number of halogens is 1. The zero-order valence-electron chi connectivity index (χ0n) is 18.8. The van der Waals surface area contributed by atoms with E-state index in [1.807, 2.05) is 18.2 Å². The van der Waals surface area contributed by atoms with Crippen LogP contribution >= 0.6 is 19.5 Å². The van der Waals surface area contributed by atoms with Crippen LogP contribution in [0.5, 0.6) is 5.75 Å². The SMILES string of the molecule is COc1ccc(NC(=O)C2(C)CO2)cc1Nc1ncc(Cl)c(Nc2ccccc2P(C)C)n1. The van der Waals surface area contributed by atoms with Gasteiger partial charge in [0.1, 0.15) is 10.8 Å². The maximum atomic E-state index is 12.3. The average molecular weight is 486 g/mol. The molecule has 0 aliphatic carbocycles. The second-order valence-electron chi connectivity index (χ2n) is 7.94. The molecule has 33 heavy (non-hydrogen) atoms. The summed E-state index contributed by atoms with van der Waals surface area (Å²) in [6.45, 7) is 6.55. The Morgan fingerprint density at radius 3 is 2.64 bits per heavy atom. The van der Waals surface area contributed by atoms with Gasteiger partial charge in [0.25, 0.3) is 5.91 Å². The molecule has 10 heteroatoms. The van der Waals surface area contributed by atoms with Crippen LogP contribution in [0.15, 0.2) is 48.7 Å². The van der Waals surface area contributed by atoms with E-state index in [1.165, 1.54) is 11.5 Å². The van der Waals surface area contributed by atoms with Gasteiger partial charge in [0.05, 0.1) is 25.6 Å². The number of para-hydroxylation sites is 1. The first-order valence-electron chi connectivity index (χ1n) is 10.3.